The minimum absolute atomic E-state index is 0.406. The molecule has 3 nitrogen and oxygen atoms in total. The Bertz CT molecular complexity index is 591. The SMILES string of the molecule is Fc1cc(C(F)(F)F)cc(C2(CNC3=NCCCN3)CC2)c1. The molecule has 1 saturated carbocycles. The lowest BCUT2D eigenvalue weighted by molar-refractivity contribution is -0.137. The largest absolute Gasteiger partial charge is 0.416 e. The van der Waals surface area contributed by atoms with E-state index in [1.54, 1.807) is 0 Å². The molecule has 0 radical (unpaired) electrons. The summed E-state index contributed by atoms with van der Waals surface area (Å²) in [5.74, 6) is -0.172. The molecule has 22 heavy (non-hydrogen) atoms. The lowest BCUT2D eigenvalue weighted by Crippen LogP contribution is -2.43. The summed E-state index contributed by atoms with van der Waals surface area (Å²) in [4.78, 5) is 4.27. The predicted molar refractivity (Wildman–Crippen MR) is 75.2 cm³/mol. The number of alkyl halides is 3. The molecule has 1 aromatic rings. The summed E-state index contributed by atoms with van der Waals surface area (Å²) in [6.07, 6.45) is -2.08. The average molecular weight is 315 g/mol. The fourth-order valence-corrected chi connectivity index (χ4v) is 2.68. The first-order valence-corrected chi connectivity index (χ1v) is 7.30. The molecule has 7 heteroatoms. The number of guanidine groups is 1. The van der Waals surface area contributed by atoms with Crippen LogP contribution in [0.1, 0.15) is 30.4 Å². The molecule has 2 N–H and O–H groups in total. The zero-order valence-corrected chi connectivity index (χ0v) is 11.9. The Kier molecular flexibility index (Phi) is 3.74. The number of nitrogens with one attached hydrogen (secondary N) is 2. The van der Waals surface area contributed by atoms with Crippen molar-refractivity contribution >= 4 is 5.96 Å². The van der Waals surface area contributed by atoms with E-state index in [-0.39, 0.29) is 0 Å². The molecule has 0 aromatic heterocycles. The van der Waals surface area contributed by atoms with E-state index in [0.29, 0.717) is 24.1 Å². The number of aliphatic imine (C=N–C) groups is 1. The Morgan fingerprint density at radius 2 is 2.00 bits per heavy atom. The van der Waals surface area contributed by atoms with E-state index in [2.05, 4.69) is 15.6 Å². The topological polar surface area (TPSA) is 36.4 Å². The Morgan fingerprint density at radius 1 is 1.23 bits per heavy atom. The van der Waals surface area contributed by atoms with Gasteiger partial charge in [0.05, 0.1) is 5.56 Å². The first-order chi connectivity index (χ1) is 10.4. The molecule has 0 unspecified atom stereocenters. The molecule has 0 atom stereocenters. The van der Waals surface area contributed by atoms with Crippen LogP contribution in [0, 0.1) is 5.82 Å². The highest BCUT2D eigenvalue weighted by Crippen LogP contribution is 2.48. The van der Waals surface area contributed by atoms with Gasteiger partial charge in [0, 0.05) is 25.0 Å². The summed E-state index contributed by atoms with van der Waals surface area (Å²) in [6, 6.07) is 2.81. The van der Waals surface area contributed by atoms with E-state index in [1.807, 2.05) is 0 Å². The number of nitrogens with zero attached hydrogens (tertiary/aromatic N) is 1. The second-order valence-corrected chi connectivity index (χ2v) is 5.87. The van der Waals surface area contributed by atoms with Crippen molar-refractivity contribution in [2.45, 2.75) is 30.9 Å². The van der Waals surface area contributed by atoms with Crippen LogP contribution in [0.2, 0.25) is 0 Å². The summed E-state index contributed by atoms with van der Waals surface area (Å²) < 4.78 is 52.0. The van der Waals surface area contributed by atoms with Crippen molar-refractivity contribution in [2.24, 2.45) is 4.99 Å². The molecule has 2 aliphatic rings. The normalized spacial score (nSPS) is 20.1. The van der Waals surface area contributed by atoms with E-state index in [1.165, 1.54) is 6.07 Å². The van der Waals surface area contributed by atoms with Crippen molar-refractivity contribution in [3.05, 3.63) is 35.1 Å². The third kappa shape index (κ3) is 3.18. The summed E-state index contributed by atoms with van der Waals surface area (Å²) in [7, 11) is 0. The smallest absolute Gasteiger partial charge is 0.356 e. The van der Waals surface area contributed by atoms with Crippen molar-refractivity contribution < 1.29 is 17.6 Å². The molecular formula is C15H17F4N3. The van der Waals surface area contributed by atoms with Gasteiger partial charge in [-0.1, -0.05) is 0 Å². The predicted octanol–water partition coefficient (Wildman–Crippen LogP) is 2.82. The van der Waals surface area contributed by atoms with Crippen LogP contribution in [0.4, 0.5) is 17.6 Å². The third-order valence-corrected chi connectivity index (χ3v) is 4.18. The fourth-order valence-electron chi connectivity index (χ4n) is 2.68. The molecular weight excluding hydrogens is 298 g/mol. The molecule has 0 spiro atoms. The number of halogens is 4. The van der Waals surface area contributed by atoms with Gasteiger partial charge >= 0.3 is 6.18 Å². The van der Waals surface area contributed by atoms with Crippen molar-refractivity contribution in [3.63, 3.8) is 0 Å². The lowest BCUT2D eigenvalue weighted by atomic mass is 9.94. The van der Waals surface area contributed by atoms with Crippen LogP contribution < -0.4 is 10.6 Å². The van der Waals surface area contributed by atoms with Gasteiger partial charge in [-0.3, -0.25) is 4.99 Å². The Morgan fingerprint density at radius 3 is 2.59 bits per heavy atom. The minimum atomic E-state index is -4.53. The fraction of sp³-hybridized carbons (Fsp3) is 0.533. The van der Waals surface area contributed by atoms with Crippen LogP contribution in [0.5, 0.6) is 0 Å². The average Bonchev–Trinajstić information content (AvgIpc) is 3.26. The van der Waals surface area contributed by atoms with E-state index >= 15 is 0 Å². The zero-order chi connectivity index (χ0) is 15.8. The quantitative estimate of drug-likeness (QED) is 0.842. The van der Waals surface area contributed by atoms with Crippen molar-refractivity contribution in [3.8, 4) is 0 Å². The van der Waals surface area contributed by atoms with E-state index in [0.717, 1.165) is 38.4 Å². The minimum Gasteiger partial charge on any atom is -0.356 e. The zero-order valence-electron chi connectivity index (χ0n) is 11.9. The molecule has 0 bridgehead atoms. The van der Waals surface area contributed by atoms with Crippen LogP contribution in [0.25, 0.3) is 0 Å². The second-order valence-electron chi connectivity index (χ2n) is 5.87. The van der Waals surface area contributed by atoms with Gasteiger partial charge in [-0.25, -0.2) is 4.39 Å². The summed E-state index contributed by atoms with van der Waals surface area (Å²) in [5.41, 5.74) is -0.949. The van der Waals surface area contributed by atoms with Crippen LogP contribution in [-0.4, -0.2) is 25.6 Å². The van der Waals surface area contributed by atoms with Gasteiger partial charge in [0.2, 0.25) is 0 Å². The van der Waals surface area contributed by atoms with Gasteiger partial charge in [-0.05, 0) is 43.0 Å². The molecule has 3 rings (SSSR count). The maximum absolute atomic E-state index is 13.6. The molecule has 1 aromatic carbocycles. The van der Waals surface area contributed by atoms with E-state index in [4.69, 9.17) is 0 Å². The Hall–Kier alpha value is -1.79. The maximum Gasteiger partial charge on any atom is 0.416 e. The summed E-state index contributed by atoms with van der Waals surface area (Å²) >= 11 is 0. The van der Waals surface area contributed by atoms with Gasteiger partial charge in [-0.2, -0.15) is 13.2 Å². The van der Waals surface area contributed by atoms with Crippen LogP contribution in [-0.2, 0) is 11.6 Å². The summed E-state index contributed by atoms with van der Waals surface area (Å²) in [6.45, 7) is 2.02. The maximum atomic E-state index is 13.6. The standard InChI is InChI=1S/C15H17F4N3/c16-12-7-10(6-11(8-12)15(17,18)19)14(2-3-14)9-22-13-20-4-1-5-21-13/h6-8H,1-5,9H2,(H2,20,21,22). The van der Waals surface area contributed by atoms with Gasteiger partial charge < -0.3 is 10.6 Å². The molecule has 120 valence electrons. The number of benzene rings is 1. The molecule has 0 amide bonds. The van der Waals surface area contributed by atoms with Gasteiger partial charge in [0.1, 0.15) is 5.82 Å². The highest BCUT2D eigenvalue weighted by Gasteiger charge is 2.45. The Labute approximate surface area is 125 Å². The number of hydrogen-bond acceptors (Lipinski definition) is 3. The van der Waals surface area contributed by atoms with Gasteiger partial charge in [0.15, 0.2) is 5.96 Å². The van der Waals surface area contributed by atoms with Crippen molar-refractivity contribution in [2.75, 3.05) is 19.6 Å². The van der Waals surface area contributed by atoms with E-state index in [9.17, 15) is 17.6 Å². The van der Waals surface area contributed by atoms with Crippen molar-refractivity contribution in [1.82, 2.24) is 10.6 Å². The number of hydrogen-bond donors (Lipinski definition) is 2. The number of rotatable bonds is 3. The van der Waals surface area contributed by atoms with Gasteiger partial charge in [-0.15, -0.1) is 0 Å². The highest BCUT2D eigenvalue weighted by molar-refractivity contribution is 5.80. The Balaban J connectivity index is 1.77. The monoisotopic (exact) mass is 315 g/mol. The molecule has 0 saturated heterocycles. The summed E-state index contributed by atoms with van der Waals surface area (Å²) in [5, 5.41) is 6.24. The van der Waals surface area contributed by atoms with Crippen LogP contribution >= 0.6 is 0 Å². The molecule has 1 aliphatic carbocycles. The first-order valence-electron chi connectivity index (χ1n) is 7.30. The first kappa shape index (κ1) is 15.1. The molecule has 1 heterocycles. The van der Waals surface area contributed by atoms with Crippen molar-refractivity contribution in [1.29, 1.82) is 0 Å². The van der Waals surface area contributed by atoms with E-state index < -0.39 is 23.0 Å². The third-order valence-electron chi connectivity index (χ3n) is 4.18. The highest BCUT2D eigenvalue weighted by atomic mass is 19.4. The van der Waals surface area contributed by atoms with Crippen LogP contribution in [0.15, 0.2) is 23.2 Å². The lowest BCUT2D eigenvalue weighted by Gasteiger charge is -2.22. The van der Waals surface area contributed by atoms with Gasteiger partial charge in [0.25, 0.3) is 0 Å². The molecule has 1 fully saturated rings. The van der Waals surface area contributed by atoms with Crippen LogP contribution in [0.3, 0.4) is 0 Å². The second kappa shape index (κ2) is 5.44. The molecule has 1 aliphatic heterocycles.